The van der Waals surface area contributed by atoms with Gasteiger partial charge in [-0.05, 0) is 60.2 Å². The number of nitrogens with one attached hydrogen (secondary N) is 1. The molecule has 1 amide bonds. The van der Waals surface area contributed by atoms with E-state index in [4.69, 9.17) is 0 Å². The number of halogens is 1. The Hall–Kier alpha value is -1.02. The number of benzene rings is 1. The summed E-state index contributed by atoms with van der Waals surface area (Å²) in [6.07, 6.45) is 2.13. The van der Waals surface area contributed by atoms with Crippen LogP contribution in [0.2, 0.25) is 0 Å². The Balaban J connectivity index is 2.33. The number of hydrogen-bond donors (Lipinski definition) is 1. The Bertz CT molecular complexity index is 400. The topological polar surface area (TPSA) is 29.1 Å². The zero-order chi connectivity index (χ0) is 11.8. The van der Waals surface area contributed by atoms with Gasteiger partial charge in [-0.1, -0.05) is 0 Å². The number of anilines is 1. The van der Waals surface area contributed by atoms with Crippen LogP contribution in [0.5, 0.6) is 0 Å². The Morgan fingerprint density at radius 3 is 2.69 bits per heavy atom. The molecule has 1 aromatic carbocycles. The van der Waals surface area contributed by atoms with Crippen LogP contribution in [0.25, 0.3) is 0 Å². The molecule has 1 N–H and O–H groups in total. The summed E-state index contributed by atoms with van der Waals surface area (Å²) in [5.74, 6) is 5.81. The van der Waals surface area contributed by atoms with Crippen LogP contribution in [0, 0.1) is 15.4 Å². The van der Waals surface area contributed by atoms with Crippen molar-refractivity contribution >= 4 is 34.2 Å². The van der Waals surface area contributed by atoms with Crippen LogP contribution < -0.4 is 5.32 Å². The van der Waals surface area contributed by atoms with Crippen LogP contribution in [-0.2, 0) is 4.79 Å². The van der Waals surface area contributed by atoms with Gasteiger partial charge >= 0.3 is 0 Å². The monoisotopic (exact) mass is 327 g/mol. The van der Waals surface area contributed by atoms with Crippen LogP contribution in [0.15, 0.2) is 24.3 Å². The average Bonchev–Trinajstić information content (AvgIpc) is 2.28. The number of rotatable bonds is 4. The summed E-state index contributed by atoms with van der Waals surface area (Å²) in [7, 11) is 0. The van der Waals surface area contributed by atoms with Gasteiger partial charge in [0, 0.05) is 22.1 Å². The molecule has 0 saturated carbocycles. The molecule has 0 heterocycles. The van der Waals surface area contributed by atoms with Gasteiger partial charge in [0.05, 0.1) is 0 Å². The molecular weight excluding hydrogens is 313 g/mol. The summed E-state index contributed by atoms with van der Waals surface area (Å²) in [5.41, 5.74) is 0.854. The average molecular weight is 327 g/mol. The minimum atomic E-state index is 0.0547. The van der Waals surface area contributed by atoms with Gasteiger partial charge in [-0.15, -0.1) is 11.8 Å². The molecule has 0 spiro atoms. The van der Waals surface area contributed by atoms with Gasteiger partial charge < -0.3 is 5.32 Å². The molecule has 0 aliphatic carbocycles. The van der Waals surface area contributed by atoms with E-state index in [0.717, 1.165) is 22.1 Å². The van der Waals surface area contributed by atoms with Gasteiger partial charge in [0.2, 0.25) is 5.91 Å². The predicted octanol–water partition coefficient (Wildman–Crippen LogP) is 3.42. The molecule has 0 aliphatic rings. The second-order valence-corrected chi connectivity index (χ2v) is 4.58. The fourth-order valence-electron chi connectivity index (χ4n) is 1.22. The Kier molecular flexibility index (Phi) is 5.94. The van der Waals surface area contributed by atoms with Crippen LogP contribution >= 0.6 is 22.6 Å². The molecule has 84 valence electrons. The Morgan fingerprint density at radius 1 is 1.38 bits per heavy atom. The number of hydrogen-bond acceptors (Lipinski definition) is 1. The predicted molar refractivity (Wildman–Crippen MR) is 75.1 cm³/mol. The third-order valence-corrected chi connectivity index (χ3v) is 2.73. The minimum absolute atomic E-state index is 0.0547. The summed E-state index contributed by atoms with van der Waals surface area (Å²) < 4.78 is 1.16. The highest BCUT2D eigenvalue weighted by atomic mass is 127. The summed E-state index contributed by atoms with van der Waals surface area (Å²) in [5, 5.41) is 2.86. The van der Waals surface area contributed by atoms with E-state index in [1.165, 1.54) is 0 Å². The maximum Gasteiger partial charge on any atom is 0.224 e. The lowest BCUT2D eigenvalue weighted by Gasteiger charge is -2.04. The number of carbonyl (C=O) groups excluding carboxylic acids is 1. The standard InChI is InChI=1S/C13H14INO/c1-2-3-4-5-6-13(16)15-12-9-7-11(14)8-10-12/h7-10H,4-6H2,1H3,(H,15,16). The largest absolute Gasteiger partial charge is 0.326 e. The normalized spacial score (nSPS) is 9.12. The van der Waals surface area contributed by atoms with Crippen molar-refractivity contribution in [3.8, 4) is 11.8 Å². The number of amides is 1. The molecule has 16 heavy (non-hydrogen) atoms. The summed E-state index contributed by atoms with van der Waals surface area (Å²) in [6.45, 7) is 1.81. The molecule has 2 nitrogen and oxygen atoms in total. The zero-order valence-electron chi connectivity index (χ0n) is 9.22. The highest BCUT2D eigenvalue weighted by molar-refractivity contribution is 14.1. The third kappa shape index (κ3) is 5.17. The highest BCUT2D eigenvalue weighted by Gasteiger charge is 2.00. The molecular formula is C13H14INO. The molecule has 3 heteroatoms. The SMILES string of the molecule is CC#CCCCC(=O)Nc1ccc(I)cc1. The summed E-state index contributed by atoms with van der Waals surface area (Å²) >= 11 is 2.23. The smallest absolute Gasteiger partial charge is 0.224 e. The number of carbonyl (C=O) groups is 1. The maximum absolute atomic E-state index is 11.5. The van der Waals surface area contributed by atoms with Crippen molar-refractivity contribution in [3.63, 3.8) is 0 Å². The number of unbranched alkanes of at least 4 members (excludes halogenated alkanes) is 1. The Morgan fingerprint density at radius 2 is 2.06 bits per heavy atom. The molecule has 0 fully saturated rings. The van der Waals surface area contributed by atoms with Gasteiger partial charge in [-0.25, -0.2) is 0 Å². The molecule has 0 atom stereocenters. The zero-order valence-corrected chi connectivity index (χ0v) is 11.4. The lowest BCUT2D eigenvalue weighted by atomic mass is 10.2. The van der Waals surface area contributed by atoms with E-state index in [2.05, 4.69) is 39.7 Å². The van der Waals surface area contributed by atoms with Crippen molar-refractivity contribution in [2.24, 2.45) is 0 Å². The molecule has 0 aromatic heterocycles. The van der Waals surface area contributed by atoms with Crippen molar-refractivity contribution in [3.05, 3.63) is 27.8 Å². The van der Waals surface area contributed by atoms with Crippen molar-refractivity contribution in [2.75, 3.05) is 5.32 Å². The van der Waals surface area contributed by atoms with E-state index >= 15 is 0 Å². The van der Waals surface area contributed by atoms with Crippen molar-refractivity contribution in [2.45, 2.75) is 26.2 Å². The first-order valence-electron chi connectivity index (χ1n) is 5.17. The molecule has 1 aromatic rings. The van der Waals surface area contributed by atoms with Crippen LogP contribution in [0.3, 0.4) is 0 Å². The van der Waals surface area contributed by atoms with Gasteiger partial charge in [0.15, 0.2) is 0 Å². The van der Waals surface area contributed by atoms with Gasteiger partial charge in [-0.2, -0.15) is 0 Å². The fraction of sp³-hybridized carbons (Fsp3) is 0.308. The van der Waals surface area contributed by atoms with E-state index in [9.17, 15) is 4.79 Å². The third-order valence-electron chi connectivity index (χ3n) is 2.01. The van der Waals surface area contributed by atoms with Gasteiger partial charge in [0.25, 0.3) is 0 Å². The molecule has 0 aliphatic heterocycles. The lowest BCUT2D eigenvalue weighted by Crippen LogP contribution is -2.10. The van der Waals surface area contributed by atoms with E-state index in [1.807, 2.05) is 31.2 Å². The Labute approximate surface area is 110 Å². The van der Waals surface area contributed by atoms with E-state index in [0.29, 0.717) is 6.42 Å². The first-order valence-corrected chi connectivity index (χ1v) is 6.25. The van der Waals surface area contributed by atoms with E-state index in [-0.39, 0.29) is 5.91 Å². The van der Waals surface area contributed by atoms with Crippen LogP contribution in [0.4, 0.5) is 5.69 Å². The maximum atomic E-state index is 11.5. The van der Waals surface area contributed by atoms with Gasteiger partial charge in [0.1, 0.15) is 0 Å². The van der Waals surface area contributed by atoms with Crippen LogP contribution in [0.1, 0.15) is 26.2 Å². The second-order valence-electron chi connectivity index (χ2n) is 3.34. The molecule has 1 rings (SSSR count). The fourth-order valence-corrected chi connectivity index (χ4v) is 1.58. The van der Waals surface area contributed by atoms with E-state index < -0.39 is 0 Å². The molecule has 0 unspecified atom stereocenters. The van der Waals surface area contributed by atoms with Crippen LogP contribution in [-0.4, -0.2) is 5.91 Å². The molecule has 0 radical (unpaired) electrons. The van der Waals surface area contributed by atoms with E-state index in [1.54, 1.807) is 0 Å². The molecule has 0 bridgehead atoms. The first-order chi connectivity index (χ1) is 7.72. The summed E-state index contributed by atoms with van der Waals surface area (Å²) in [6, 6.07) is 7.76. The molecule has 0 saturated heterocycles. The second kappa shape index (κ2) is 7.29. The van der Waals surface area contributed by atoms with Crippen molar-refractivity contribution < 1.29 is 4.79 Å². The van der Waals surface area contributed by atoms with Crippen molar-refractivity contribution in [1.29, 1.82) is 0 Å². The highest BCUT2D eigenvalue weighted by Crippen LogP contribution is 2.11. The minimum Gasteiger partial charge on any atom is -0.326 e. The lowest BCUT2D eigenvalue weighted by molar-refractivity contribution is -0.116. The van der Waals surface area contributed by atoms with Crippen molar-refractivity contribution in [1.82, 2.24) is 0 Å². The van der Waals surface area contributed by atoms with Gasteiger partial charge in [-0.3, -0.25) is 4.79 Å². The quantitative estimate of drug-likeness (QED) is 0.512. The summed E-state index contributed by atoms with van der Waals surface area (Å²) in [4.78, 5) is 11.5. The first kappa shape index (κ1) is 13.0.